The molecular weight excluding hydrogens is 139 g/mol. The van der Waals surface area contributed by atoms with Crippen LogP contribution in [0.3, 0.4) is 0 Å². The second-order valence-electron chi connectivity index (χ2n) is 2.06. The van der Waals surface area contributed by atoms with E-state index in [1.807, 2.05) is 13.8 Å². The standard InChI is InChI=1S/C7H16.C2H6.H3P/c1-3-5-7-6-4-2;1-2;/h3-7H2,1-2H3;1-2H3;1H3. The number of unbranched alkanes of at least 4 members (excludes halogenated alkanes) is 4. The van der Waals surface area contributed by atoms with Gasteiger partial charge in [-0.2, -0.15) is 9.90 Å². The largest absolute Gasteiger partial charge is 0.153 e. The molecule has 0 nitrogen and oxygen atoms in total. The van der Waals surface area contributed by atoms with Crippen LogP contribution in [-0.4, -0.2) is 0 Å². The summed E-state index contributed by atoms with van der Waals surface area (Å²) in [4.78, 5) is 0. The molecule has 0 saturated heterocycles. The molecule has 0 aromatic carbocycles. The molecule has 0 heterocycles. The molecule has 10 heavy (non-hydrogen) atoms. The SMILES string of the molecule is CC.CCCCCCC.P. The molecule has 0 aromatic rings. The molecule has 66 valence electrons. The van der Waals surface area contributed by atoms with E-state index in [1.165, 1.54) is 32.1 Å². The van der Waals surface area contributed by atoms with Crippen molar-refractivity contribution in [1.82, 2.24) is 0 Å². The first-order valence-corrected chi connectivity index (χ1v) is 4.41. The Kier molecular flexibility index (Phi) is 38.2. The highest BCUT2D eigenvalue weighted by molar-refractivity contribution is 6.92. The van der Waals surface area contributed by atoms with Crippen molar-refractivity contribution in [3.63, 3.8) is 0 Å². The average molecular weight is 164 g/mol. The monoisotopic (exact) mass is 164 g/mol. The van der Waals surface area contributed by atoms with Gasteiger partial charge in [0.2, 0.25) is 0 Å². The highest BCUT2D eigenvalue weighted by Gasteiger charge is 1.80. The first-order chi connectivity index (χ1) is 4.41. The molecule has 1 unspecified atom stereocenters. The second kappa shape index (κ2) is 22.7. The van der Waals surface area contributed by atoms with Crippen LogP contribution in [0, 0.1) is 0 Å². The van der Waals surface area contributed by atoms with E-state index in [9.17, 15) is 0 Å². The Morgan fingerprint density at radius 3 is 1.20 bits per heavy atom. The predicted octanol–water partition coefficient (Wildman–Crippen LogP) is 4.06. The van der Waals surface area contributed by atoms with E-state index in [1.54, 1.807) is 0 Å². The predicted molar refractivity (Wildman–Crippen MR) is 56.9 cm³/mol. The fourth-order valence-electron chi connectivity index (χ4n) is 0.677. The zero-order chi connectivity index (χ0) is 7.54. The topological polar surface area (TPSA) is 0 Å². The van der Waals surface area contributed by atoms with Crippen LogP contribution in [0.5, 0.6) is 0 Å². The molecule has 0 saturated carbocycles. The zero-order valence-corrected chi connectivity index (χ0v) is 9.66. The van der Waals surface area contributed by atoms with Gasteiger partial charge in [0, 0.05) is 0 Å². The summed E-state index contributed by atoms with van der Waals surface area (Å²) in [5, 5.41) is 0. The molecule has 0 bridgehead atoms. The summed E-state index contributed by atoms with van der Waals surface area (Å²) in [6.07, 6.45) is 7.01. The van der Waals surface area contributed by atoms with E-state index in [-0.39, 0.29) is 9.90 Å². The van der Waals surface area contributed by atoms with Gasteiger partial charge >= 0.3 is 0 Å². The third-order valence-corrected chi connectivity index (χ3v) is 1.21. The Morgan fingerprint density at radius 2 is 1.00 bits per heavy atom. The first-order valence-electron chi connectivity index (χ1n) is 4.41. The Balaban J connectivity index is -0.000000149. The molecule has 0 N–H and O–H groups in total. The maximum atomic E-state index is 2.25. The third kappa shape index (κ3) is 23.7. The van der Waals surface area contributed by atoms with Crippen LogP contribution in [0.1, 0.15) is 59.8 Å². The van der Waals surface area contributed by atoms with E-state index in [4.69, 9.17) is 0 Å². The van der Waals surface area contributed by atoms with Crippen LogP contribution in [0.15, 0.2) is 0 Å². The van der Waals surface area contributed by atoms with E-state index >= 15 is 0 Å². The minimum Gasteiger partial charge on any atom is -0.153 e. The summed E-state index contributed by atoms with van der Waals surface area (Å²) in [6.45, 7) is 8.49. The summed E-state index contributed by atoms with van der Waals surface area (Å²) in [6, 6.07) is 0. The van der Waals surface area contributed by atoms with Crippen LogP contribution < -0.4 is 0 Å². The van der Waals surface area contributed by atoms with Crippen molar-refractivity contribution in [2.24, 2.45) is 0 Å². The lowest BCUT2D eigenvalue weighted by molar-refractivity contribution is 0.656. The van der Waals surface area contributed by atoms with Crippen molar-refractivity contribution in [1.29, 1.82) is 0 Å². The van der Waals surface area contributed by atoms with Gasteiger partial charge in [0.05, 0.1) is 0 Å². The van der Waals surface area contributed by atoms with Crippen molar-refractivity contribution in [3.8, 4) is 0 Å². The molecule has 0 radical (unpaired) electrons. The number of hydrogen-bond donors (Lipinski definition) is 0. The highest BCUT2D eigenvalue weighted by atomic mass is 31.0. The van der Waals surface area contributed by atoms with Gasteiger partial charge < -0.3 is 0 Å². The molecule has 0 rings (SSSR count). The summed E-state index contributed by atoms with van der Waals surface area (Å²) in [5.41, 5.74) is 0. The number of hydrogen-bond acceptors (Lipinski definition) is 0. The quantitative estimate of drug-likeness (QED) is 0.434. The Hall–Kier alpha value is 0.430. The second-order valence-corrected chi connectivity index (χ2v) is 2.06. The van der Waals surface area contributed by atoms with E-state index in [2.05, 4.69) is 13.8 Å². The summed E-state index contributed by atoms with van der Waals surface area (Å²) in [7, 11) is 0. The highest BCUT2D eigenvalue weighted by Crippen LogP contribution is 2.00. The minimum absolute atomic E-state index is 0. The lowest BCUT2D eigenvalue weighted by atomic mass is 10.2. The van der Waals surface area contributed by atoms with Crippen molar-refractivity contribution in [3.05, 3.63) is 0 Å². The summed E-state index contributed by atoms with van der Waals surface area (Å²) < 4.78 is 0. The van der Waals surface area contributed by atoms with Gasteiger partial charge in [-0.25, -0.2) is 0 Å². The normalized spacial score (nSPS) is 7.20. The molecule has 0 aromatic heterocycles. The van der Waals surface area contributed by atoms with Gasteiger partial charge in [0.25, 0.3) is 0 Å². The molecule has 1 heteroatoms. The third-order valence-electron chi connectivity index (χ3n) is 1.21. The van der Waals surface area contributed by atoms with E-state index in [0.717, 1.165) is 0 Å². The fourth-order valence-corrected chi connectivity index (χ4v) is 0.677. The summed E-state index contributed by atoms with van der Waals surface area (Å²) in [5.74, 6) is 0. The zero-order valence-electron chi connectivity index (χ0n) is 8.24. The van der Waals surface area contributed by atoms with Gasteiger partial charge in [-0.05, 0) is 0 Å². The maximum Gasteiger partial charge on any atom is -0.0533 e. The lowest BCUT2D eigenvalue weighted by Gasteiger charge is -1.90. The fraction of sp³-hybridized carbons (Fsp3) is 1.00. The molecular formula is C9H25P. The van der Waals surface area contributed by atoms with Crippen LogP contribution in [0.4, 0.5) is 0 Å². The molecule has 0 aliphatic rings. The Labute approximate surface area is 70.4 Å². The molecule has 1 atom stereocenters. The first kappa shape index (κ1) is 16.8. The van der Waals surface area contributed by atoms with Crippen LogP contribution >= 0.6 is 9.90 Å². The van der Waals surface area contributed by atoms with Gasteiger partial charge in [-0.1, -0.05) is 59.8 Å². The van der Waals surface area contributed by atoms with Crippen LogP contribution in [0.25, 0.3) is 0 Å². The van der Waals surface area contributed by atoms with Crippen molar-refractivity contribution in [2.45, 2.75) is 59.8 Å². The Bertz CT molecular complexity index is 23.9. The maximum absolute atomic E-state index is 2.25. The van der Waals surface area contributed by atoms with E-state index < -0.39 is 0 Å². The van der Waals surface area contributed by atoms with Crippen molar-refractivity contribution in [2.75, 3.05) is 0 Å². The minimum atomic E-state index is 0. The van der Waals surface area contributed by atoms with Gasteiger partial charge in [0.1, 0.15) is 0 Å². The van der Waals surface area contributed by atoms with Gasteiger partial charge in [-0.3, -0.25) is 0 Å². The summed E-state index contributed by atoms with van der Waals surface area (Å²) >= 11 is 0. The van der Waals surface area contributed by atoms with Crippen LogP contribution in [0.2, 0.25) is 0 Å². The molecule has 0 fully saturated rings. The van der Waals surface area contributed by atoms with E-state index in [0.29, 0.717) is 0 Å². The lowest BCUT2D eigenvalue weighted by Crippen LogP contribution is -1.70. The molecule has 0 aliphatic carbocycles. The van der Waals surface area contributed by atoms with Gasteiger partial charge in [0.15, 0.2) is 0 Å². The van der Waals surface area contributed by atoms with Crippen molar-refractivity contribution >= 4 is 9.90 Å². The molecule has 0 aliphatic heterocycles. The average Bonchev–Trinajstić information content (AvgIpc) is 1.94. The van der Waals surface area contributed by atoms with Crippen molar-refractivity contribution < 1.29 is 0 Å². The molecule has 0 amide bonds. The van der Waals surface area contributed by atoms with Crippen LogP contribution in [-0.2, 0) is 0 Å². The Morgan fingerprint density at radius 1 is 0.700 bits per heavy atom. The van der Waals surface area contributed by atoms with Gasteiger partial charge in [-0.15, -0.1) is 0 Å². The number of rotatable bonds is 4. The molecule has 0 spiro atoms. The smallest absolute Gasteiger partial charge is 0.0533 e.